The predicted octanol–water partition coefficient (Wildman–Crippen LogP) is 0.398. The summed E-state index contributed by atoms with van der Waals surface area (Å²) in [6, 6.07) is 1.61. The first-order chi connectivity index (χ1) is 11.6. The van der Waals surface area contributed by atoms with Crippen LogP contribution in [0, 0.1) is 0 Å². The maximum atomic E-state index is 12.2. The van der Waals surface area contributed by atoms with Crippen molar-refractivity contribution < 1.29 is 9.59 Å². The van der Waals surface area contributed by atoms with Crippen LogP contribution in [0.1, 0.15) is 10.4 Å². The molecule has 2 aromatic rings. The fourth-order valence-corrected chi connectivity index (χ4v) is 3.37. The Morgan fingerprint density at radius 2 is 2.04 bits per heavy atom. The molecule has 0 spiro atoms. The molecule has 0 aromatic carbocycles. The van der Waals surface area contributed by atoms with Crippen molar-refractivity contribution in [1.29, 1.82) is 0 Å². The first-order valence-corrected chi connectivity index (χ1v) is 8.42. The molecule has 2 amide bonds. The number of amides is 2. The van der Waals surface area contributed by atoms with Crippen molar-refractivity contribution in [1.82, 2.24) is 14.9 Å². The Kier molecular flexibility index (Phi) is 5.02. The molecule has 3 N–H and O–H groups in total. The summed E-state index contributed by atoms with van der Waals surface area (Å²) >= 11 is 1.29. The van der Waals surface area contributed by atoms with Crippen LogP contribution in [0.4, 0.5) is 10.8 Å². The highest BCUT2D eigenvalue weighted by atomic mass is 32.1. The van der Waals surface area contributed by atoms with Gasteiger partial charge < -0.3 is 16.0 Å². The van der Waals surface area contributed by atoms with E-state index in [9.17, 15) is 9.59 Å². The topological polar surface area (TPSA) is 104 Å². The molecule has 0 bridgehead atoms. The van der Waals surface area contributed by atoms with E-state index in [0.29, 0.717) is 10.6 Å². The van der Waals surface area contributed by atoms with Crippen LogP contribution in [0.25, 0.3) is 0 Å². The van der Waals surface area contributed by atoms with Crippen molar-refractivity contribution in [3.05, 3.63) is 35.6 Å². The van der Waals surface area contributed by atoms with Crippen molar-refractivity contribution in [3.8, 4) is 0 Å². The van der Waals surface area contributed by atoms with Crippen LogP contribution in [0.5, 0.6) is 0 Å². The molecule has 1 saturated heterocycles. The second kappa shape index (κ2) is 7.37. The lowest BCUT2D eigenvalue weighted by Gasteiger charge is -2.34. The molecule has 0 saturated carbocycles. The normalized spacial score (nSPS) is 15.2. The van der Waals surface area contributed by atoms with Crippen LogP contribution in [-0.2, 0) is 4.79 Å². The number of anilines is 2. The molecule has 9 heteroatoms. The van der Waals surface area contributed by atoms with Crippen molar-refractivity contribution in [2.24, 2.45) is 5.73 Å². The summed E-state index contributed by atoms with van der Waals surface area (Å²) in [7, 11) is 0. The Morgan fingerprint density at radius 3 is 2.71 bits per heavy atom. The lowest BCUT2D eigenvalue weighted by atomic mass is 10.3. The zero-order chi connectivity index (χ0) is 16.9. The minimum Gasteiger partial charge on any atom is -0.366 e. The van der Waals surface area contributed by atoms with Gasteiger partial charge in [0.15, 0.2) is 0 Å². The molecule has 0 atom stereocenters. The predicted molar refractivity (Wildman–Crippen MR) is 92.2 cm³/mol. The molecular weight excluding hydrogens is 328 g/mol. The van der Waals surface area contributed by atoms with E-state index in [1.807, 2.05) is 0 Å². The number of aromatic nitrogens is 2. The van der Waals surface area contributed by atoms with E-state index in [1.165, 1.54) is 11.3 Å². The van der Waals surface area contributed by atoms with E-state index in [-0.39, 0.29) is 12.5 Å². The molecule has 1 aliphatic rings. The van der Waals surface area contributed by atoms with Gasteiger partial charge >= 0.3 is 0 Å². The molecule has 2 aromatic heterocycles. The molecular formula is C15H18N6O2S. The Bertz CT molecular complexity index is 712. The zero-order valence-corrected chi connectivity index (χ0v) is 13.8. The maximum absolute atomic E-state index is 12.2. The Labute approximate surface area is 143 Å². The third-order valence-corrected chi connectivity index (χ3v) is 4.63. The van der Waals surface area contributed by atoms with Crippen LogP contribution < -0.4 is 16.0 Å². The monoisotopic (exact) mass is 346 g/mol. The van der Waals surface area contributed by atoms with E-state index in [4.69, 9.17) is 5.73 Å². The molecule has 8 nitrogen and oxygen atoms in total. The van der Waals surface area contributed by atoms with E-state index < -0.39 is 5.91 Å². The summed E-state index contributed by atoms with van der Waals surface area (Å²) < 4.78 is 0. The highest BCUT2D eigenvalue weighted by molar-refractivity contribution is 7.14. The van der Waals surface area contributed by atoms with Gasteiger partial charge in [-0.3, -0.25) is 19.5 Å². The summed E-state index contributed by atoms with van der Waals surface area (Å²) in [6.07, 6.45) is 5.06. The van der Waals surface area contributed by atoms with Gasteiger partial charge in [0.1, 0.15) is 10.8 Å². The van der Waals surface area contributed by atoms with E-state index in [1.54, 1.807) is 30.0 Å². The number of piperazine rings is 1. The maximum Gasteiger partial charge on any atom is 0.251 e. The van der Waals surface area contributed by atoms with Crippen LogP contribution >= 0.6 is 11.3 Å². The molecule has 0 aliphatic carbocycles. The number of primary amides is 1. The Morgan fingerprint density at radius 1 is 1.25 bits per heavy atom. The third kappa shape index (κ3) is 3.87. The van der Waals surface area contributed by atoms with E-state index >= 15 is 0 Å². The van der Waals surface area contributed by atoms with Crippen molar-refractivity contribution in [2.75, 3.05) is 42.9 Å². The van der Waals surface area contributed by atoms with Gasteiger partial charge in [-0.25, -0.2) is 4.98 Å². The van der Waals surface area contributed by atoms with Crippen molar-refractivity contribution in [3.63, 3.8) is 0 Å². The summed E-state index contributed by atoms with van der Waals surface area (Å²) in [6.45, 7) is 3.38. The fraction of sp³-hybridized carbons (Fsp3) is 0.333. The van der Waals surface area contributed by atoms with Gasteiger partial charge in [0.05, 0.1) is 18.3 Å². The molecule has 24 heavy (non-hydrogen) atoms. The highest BCUT2D eigenvalue weighted by Gasteiger charge is 2.21. The van der Waals surface area contributed by atoms with Gasteiger partial charge in [-0.15, -0.1) is 11.3 Å². The number of hydrogen-bond donors (Lipinski definition) is 2. The van der Waals surface area contributed by atoms with Gasteiger partial charge in [-0.05, 0) is 11.4 Å². The van der Waals surface area contributed by atoms with Crippen LogP contribution in [0.3, 0.4) is 0 Å². The minimum absolute atomic E-state index is 0.145. The molecule has 126 valence electrons. The molecule has 0 radical (unpaired) electrons. The van der Waals surface area contributed by atoms with Gasteiger partial charge in [0.25, 0.3) is 5.91 Å². The summed E-state index contributed by atoms with van der Waals surface area (Å²) in [5.41, 5.74) is 5.63. The number of hydrogen-bond acceptors (Lipinski definition) is 7. The van der Waals surface area contributed by atoms with Crippen molar-refractivity contribution >= 4 is 34.0 Å². The number of nitrogens with one attached hydrogen (secondary N) is 1. The number of nitrogens with zero attached hydrogens (tertiary/aromatic N) is 4. The second-order valence-electron chi connectivity index (χ2n) is 5.40. The van der Waals surface area contributed by atoms with Gasteiger partial charge in [0.2, 0.25) is 5.91 Å². The molecule has 1 fully saturated rings. The first kappa shape index (κ1) is 16.3. The number of carbonyl (C=O) groups is 2. The second-order valence-corrected chi connectivity index (χ2v) is 6.32. The average molecular weight is 346 g/mol. The quantitative estimate of drug-likeness (QED) is 0.812. The van der Waals surface area contributed by atoms with Gasteiger partial charge in [0, 0.05) is 38.6 Å². The highest BCUT2D eigenvalue weighted by Crippen LogP contribution is 2.22. The SMILES string of the molecule is NC(=O)c1ccsc1NC(=O)CN1CCN(c2cnccn2)CC1. The Hall–Kier alpha value is -2.52. The number of nitrogens with two attached hydrogens (primary N) is 1. The number of carbonyl (C=O) groups excluding carboxylic acids is 2. The summed E-state index contributed by atoms with van der Waals surface area (Å²) in [5, 5.41) is 5.00. The smallest absolute Gasteiger partial charge is 0.251 e. The van der Waals surface area contributed by atoms with E-state index in [2.05, 4.69) is 25.1 Å². The first-order valence-electron chi connectivity index (χ1n) is 7.54. The zero-order valence-electron chi connectivity index (χ0n) is 13.0. The van der Waals surface area contributed by atoms with Crippen LogP contribution in [0.2, 0.25) is 0 Å². The molecule has 1 aliphatic heterocycles. The van der Waals surface area contributed by atoms with Crippen LogP contribution in [-0.4, -0.2) is 59.4 Å². The van der Waals surface area contributed by atoms with E-state index in [0.717, 1.165) is 32.0 Å². The largest absolute Gasteiger partial charge is 0.366 e. The lowest BCUT2D eigenvalue weighted by molar-refractivity contribution is -0.117. The number of rotatable bonds is 5. The fourth-order valence-electron chi connectivity index (χ4n) is 2.56. The molecule has 0 unspecified atom stereocenters. The number of thiophene rings is 1. The van der Waals surface area contributed by atoms with Crippen molar-refractivity contribution in [2.45, 2.75) is 0 Å². The summed E-state index contributed by atoms with van der Waals surface area (Å²) in [4.78, 5) is 36.0. The van der Waals surface area contributed by atoms with Gasteiger partial charge in [-0.1, -0.05) is 0 Å². The molecule has 3 rings (SSSR count). The van der Waals surface area contributed by atoms with Crippen LogP contribution in [0.15, 0.2) is 30.0 Å². The third-order valence-electron chi connectivity index (χ3n) is 3.80. The minimum atomic E-state index is -0.538. The summed E-state index contributed by atoms with van der Waals surface area (Å²) in [5.74, 6) is 0.170. The average Bonchev–Trinajstić information content (AvgIpc) is 3.04. The Balaban J connectivity index is 1.50. The standard InChI is InChI=1S/C15H18N6O2S/c16-14(23)11-1-8-24-15(11)19-13(22)10-20-4-6-21(7-5-20)12-9-17-2-3-18-12/h1-3,8-9H,4-7,10H2,(H2,16,23)(H,19,22). The molecule has 3 heterocycles. The lowest BCUT2D eigenvalue weighted by Crippen LogP contribution is -2.49. The van der Waals surface area contributed by atoms with Gasteiger partial charge in [-0.2, -0.15) is 0 Å².